The summed E-state index contributed by atoms with van der Waals surface area (Å²) in [4.78, 5) is 33.1. The van der Waals surface area contributed by atoms with E-state index in [0.717, 1.165) is 4.90 Å². The lowest BCUT2D eigenvalue weighted by Gasteiger charge is -2.19. The van der Waals surface area contributed by atoms with Crippen LogP contribution in [0, 0.1) is 0 Å². The van der Waals surface area contributed by atoms with Crippen LogP contribution in [0.15, 0.2) is 46.6 Å². The van der Waals surface area contributed by atoms with Gasteiger partial charge in [0.1, 0.15) is 16.3 Å². The van der Waals surface area contributed by atoms with Crippen molar-refractivity contribution in [3.8, 4) is 0 Å². The second kappa shape index (κ2) is 7.73. The molecule has 2 heterocycles. The van der Waals surface area contributed by atoms with Gasteiger partial charge >= 0.3 is 7.60 Å². The molecule has 0 saturated carbocycles. The van der Waals surface area contributed by atoms with E-state index in [4.69, 9.17) is 10.5 Å². The van der Waals surface area contributed by atoms with Crippen molar-refractivity contribution in [1.82, 2.24) is 19.5 Å². The molecule has 0 fully saturated rings. The number of nitrogen functional groups attached to an aromatic ring is 1. The zero-order chi connectivity index (χ0) is 18.7. The van der Waals surface area contributed by atoms with E-state index in [1.54, 1.807) is 0 Å². The van der Waals surface area contributed by atoms with E-state index in [0.29, 0.717) is 10.5 Å². The van der Waals surface area contributed by atoms with Gasteiger partial charge in [0.05, 0.1) is 6.33 Å². The van der Waals surface area contributed by atoms with Gasteiger partial charge in [-0.3, -0.25) is 9.13 Å². The van der Waals surface area contributed by atoms with Crippen LogP contribution in [0.4, 0.5) is 5.95 Å². The SMILES string of the molecule is COCCC(n1cnc2c(Sc3ccccc3)nc(N)nc21)P(=O)(O)O. The Balaban J connectivity index is 2.07. The molecular formula is C15H18N5O4PS. The Hall–Kier alpha value is -1.97. The summed E-state index contributed by atoms with van der Waals surface area (Å²) in [6.45, 7) is 0.182. The van der Waals surface area contributed by atoms with Crippen molar-refractivity contribution >= 4 is 36.5 Å². The van der Waals surface area contributed by atoms with E-state index in [1.807, 2.05) is 30.3 Å². The largest absolute Gasteiger partial charge is 0.385 e. The molecule has 2 aromatic heterocycles. The van der Waals surface area contributed by atoms with E-state index in [-0.39, 0.29) is 24.6 Å². The van der Waals surface area contributed by atoms with E-state index in [9.17, 15) is 14.4 Å². The molecule has 0 radical (unpaired) electrons. The summed E-state index contributed by atoms with van der Waals surface area (Å²) in [7, 11) is -2.99. The lowest BCUT2D eigenvalue weighted by molar-refractivity contribution is 0.183. The molecule has 11 heteroatoms. The third kappa shape index (κ3) is 4.05. The number of anilines is 1. The first kappa shape index (κ1) is 18.8. The molecule has 0 spiro atoms. The molecule has 4 N–H and O–H groups in total. The molecule has 3 aromatic rings. The minimum atomic E-state index is -4.46. The maximum atomic E-state index is 12.0. The second-order valence-corrected chi connectivity index (χ2v) is 8.31. The Kier molecular flexibility index (Phi) is 5.59. The van der Waals surface area contributed by atoms with Crippen molar-refractivity contribution in [2.24, 2.45) is 0 Å². The average molecular weight is 395 g/mol. The summed E-state index contributed by atoms with van der Waals surface area (Å²) in [5, 5.41) is 0.522. The number of benzene rings is 1. The molecule has 0 aliphatic rings. The van der Waals surface area contributed by atoms with Crippen LogP contribution in [-0.4, -0.2) is 43.0 Å². The summed E-state index contributed by atoms with van der Waals surface area (Å²) in [6.07, 6.45) is 1.46. The molecular weight excluding hydrogens is 377 g/mol. The molecule has 3 rings (SSSR count). The van der Waals surface area contributed by atoms with Crippen LogP contribution >= 0.6 is 19.4 Å². The van der Waals surface area contributed by atoms with Gasteiger partial charge in [-0.1, -0.05) is 30.0 Å². The van der Waals surface area contributed by atoms with Crippen LogP contribution in [0.3, 0.4) is 0 Å². The molecule has 9 nitrogen and oxygen atoms in total. The lowest BCUT2D eigenvalue weighted by Crippen LogP contribution is -2.12. The number of hydrogen-bond donors (Lipinski definition) is 3. The van der Waals surface area contributed by atoms with Gasteiger partial charge < -0.3 is 20.3 Å². The number of imidazole rings is 1. The number of methoxy groups -OCH3 is 1. The van der Waals surface area contributed by atoms with Gasteiger partial charge in [0.2, 0.25) is 5.95 Å². The summed E-state index contributed by atoms with van der Waals surface area (Å²) in [5.74, 6) is -1.13. The number of fused-ring (bicyclic) bond motifs is 1. The summed E-state index contributed by atoms with van der Waals surface area (Å²) in [6, 6.07) is 9.54. The predicted octanol–water partition coefficient (Wildman–Crippen LogP) is 2.27. The number of aromatic nitrogens is 4. The number of hydrogen-bond acceptors (Lipinski definition) is 7. The first-order valence-electron chi connectivity index (χ1n) is 7.67. The topological polar surface area (TPSA) is 136 Å². The van der Waals surface area contributed by atoms with Crippen molar-refractivity contribution in [2.45, 2.75) is 22.1 Å². The lowest BCUT2D eigenvalue weighted by atomic mass is 10.4. The third-order valence-corrected chi connectivity index (χ3v) is 5.92. The highest BCUT2D eigenvalue weighted by atomic mass is 32.2. The van der Waals surface area contributed by atoms with Crippen LogP contribution in [0.25, 0.3) is 11.2 Å². The minimum Gasteiger partial charge on any atom is -0.385 e. The van der Waals surface area contributed by atoms with Gasteiger partial charge in [-0.05, 0) is 12.1 Å². The van der Waals surface area contributed by atoms with Crippen molar-refractivity contribution in [1.29, 1.82) is 0 Å². The molecule has 1 unspecified atom stereocenters. The summed E-state index contributed by atoms with van der Waals surface area (Å²) < 4.78 is 18.3. The molecule has 0 aliphatic heterocycles. The van der Waals surface area contributed by atoms with Crippen LogP contribution in [0.5, 0.6) is 0 Å². The summed E-state index contributed by atoms with van der Waals surface area (Å²) >= 11 is 1.36. The van der Waals surface area contributed by atoms with Gasteiger partial charge in [0, 0.05) is 25.0 Å². The van der Waals surface area contributed by atoms with Crippen molar-refractivity contribution in [3.05, 3.63) is 36.7 Å². The number of nitrogens with two attached hydrogens (primary N) is 1. The maximum Gasteiger partial charge on any atom is 0.348 e. The smallest absolute Gasteiger partial charge is 0.348 e. The summed E-state index contributed by atoms with van der Waals surface area (Å²) in [5.41, 5.74) is 6.53. The molecule has 0 aliphatic carbocycles. The molecule has 138 valence electrons. The van der Waals surface area contributed by atoms with Crippen molar-refractivity contribution in [2.75, 3.05) is 19.5 Å². The molecule has 0 bridgehead atoms. The highest BCUT2D eigenvalue weighted by Gasteiger charge is 2.32. The molecule has 26 heavy (non-hydrogen) atoms. The van der Waals surface area contributed by atoms with E-state index in [2.05, 4.69) is 15.0 Å². The molecule has 1 aromatic carbocycles. The Morgan fingerprint density at radius 3 is 2.69 bits per heavy atom. The van der Waals surface area contributed by atoms with Gasteiger partial charge in [0.15, 0.2) is 5.65 Å². The molecule has 1 atom stereocenters. The third-order valence-electron chi connectivity index (χ3n) is 3.65. The first-order chi connectivity index (χ1) is 12.4. The Morgan fingerprint density at radius 1 is 1.31 bits per heavy atom. The normalized spacial score (nSPS) is 13.2. The number of nitrogens with zero attached hydrogens (tertiary/aromatic N) is 4. The zero-order valence-electron chi connectivity index (χ0n) is 13.9. The van der Waals surface area contributed by atoms with Gasteiger partial charge in [-0.15, -0.1) is 0 Å². The monoisotopic (exact) mass is 395 g/mol. The fourth-order valence-electron chi connectivity index (χ4n) is 2.49. The minimum absolute atomic E-state index is 0.00823. The van der Waals surface area contributed by atoms with Crippen LogP contribution in [0.1, 0.15) is 12.2 Å². The average Bonchev–Trinajstić information content (AvgIpc) is 2.99. The van der Waals surface area contributed by atoms with Crippen LogP contribution < -0.4 is 5.73 Å². The van der Waals surface area contributed by atoms with Gasteiger partial charge in [0.25, 0.3) is 0 Å². The fraction of sp³-hybridized carbons (Fsp3) is 0.267. The highest BCUT2D eigenvalue weighted by Crippen LogP contribution is 2.51. The van der Waals surface area contributed by atoms with E-state index in [1.165, 1.54) is 29.8 Å². The number of rotatable bonds is 7. The van der Waals surface area contributed by atoms with Crippen LogP contribution in [0.2, 0.25) is 0 Å². The number of ether oxygens (including phenoxy) is 1. The van der Waals surface area contributed by atoms with Gasteiger partial charge in [-0.25, -0.2) is 9.97 Å². The van der Waals surface area contributed by atoms with Gasteiger partial charge in [-0.2, -0.15) is 4.98 Å². The predicted molar refractivity (Wildman–Crippen MR) is 97.9 cm³/mol. The Bertz CT molecular complexity index is 946. The Morgan fingerprint density at radius 2 is 2.04 bits per heavy atom. The molecule has 0 saturated heterocycles. The van der Waals surface area contributed by atoms with Crippen molar-refractivity contribution < 1.29 is 19.1 Å². The van der Waals surface area contributed by atoms with Crippen LogP contribution in [-0.2, 0) is 9.30 Å². The Labute approximate surface area is 153 Å². The highest BCUT2D eigenvalue weighted by molar-refractivity contribution is 7.99. The van der Waals surface area contributed by atoms with Crippen molar-refractivity contribution in [3.63, 3.8) is 0 Å². The second-order valence-electron chi connectivity index (χ2n) is 5.48. The zero-order valence-corrected chi connectivity index (χ0v) is 15.6. The standard InChI is InChI=1S/C15H18N5O4PS/c1-24-8-7-11(25(21,22)23)20-9-17-12-13(20)18-15(16)19-14(12)26-10-5-3-2-4-6-10/h2-6,9,11H,7-8H2,1H3,(H2,16,18,19)(H2,21,22,23). The molecule has 0 amide bonds. The van der Waals surface area contributed by atoms with E-state index >= 15 is 0 Å². The first-order valence-corrected chi connectivity index (χ1v) is 10.2. The quantitative estimate of drug-likeness (QED) is 0.406. The fourth-order valence-corrected chi connectivity index (χ4v) is 4.32. The maximum absolute atomic E-state index is 12.0. The van der Waals surface area contributed by atoms with E-state index < -0.39 is 13.4 Å².